The first-order valence-electron chi connectivity index (χ1n) is 33.2. The lowest BCUT2D eigenvalue weighted by Crippen LogP contribution is -2.61. The van der Waals surface area contributed by atoms with E-state index >= 15 is 0 Å². The van der Waals surface area contributed by atoms with Crippen molar-refractivity contribution in [1.82, 2.24) is 4.57 Å². The molecular weight excluding hydrogens is 1160 g/mol. The minimum absolute atomic E-state index is 0.220. The van der Waals surface area contributed by atoms with Crippen LogP contribution in [0.4, 0.5) is 68.2 Å². The van der Waals surface area contributed by atoms with E-state index in [-0.39, 0.29) is 6.71 Å². The van der Waals surface area contributed by atoms with Crippen LogP contribution in [0.25, 0.3) is 92.1 Å². The van der Waals surface area contributed by atoms with Crippen LogP contribution in [0.15, 0.2) is 352 Å². The summed E-state index contributed by atoms with van der Waals surface area (Å²) in [4.78, 5) is 10.1. The number of aromatic nitrogens is 1. The van der Waals surface area contributed by atoms with E-state index in [1.165, 1.54) is 91.8 Å². The monoisotopic (exact) mass is 1220 g/mol. The number of rotatable bonds is 9. The molecule has 2 aliphatic heterocycles. The fourth-order valence-electron chi connectivity index (χ4n) is 16.4. The molecule has 1 aromatic heterocycles. The lowest BCUT2D eigenvalue weighted by atomic mass is 9.33. The molecule has 0 atom stereocenters. The molecule has 446 valence electrons. The average Bonchev–Trinajstić information content (AvgIpc) is 0.759. The number of fused-ring (bicyclic) bond motifs is 19. The quantitative estimate of drug-likeness (QED) is 0.106. The number of benzene rings is 17. The van der Waals surface area contributed by atoms with Gasteiger partial charge >= 0.3 is 0 Å². The first kappa shape index (κ1) is 54.0. The van der Waals surface area contributed by atoms with E-state index in [1.807, 2.05) is 0 Å². The molecule has 3 heterocycles. The molecule has 96 heavy (non-hydrogen) atoms. The van der Waals surface area contributed by atoms with E-state index in [0.717, 1.165) is 85.0 Å². The second-order valence-electron chi connectivity index (χ2n) is 25.5. The third-order valence-corrected chi connectivity index (χ3v) is 20.4. The van der Waals surface area contributed by atoms with Crippen LogP contribution < -0.4 is 36.0 Å². The highest BCUT2D eigenvalue weighted by molar-refractivity contribution is 7.00. The average molecular weight is 1220 g/mol. The van der Waals surface area contributed by atoms with Crippen molar-refractivity contribution in [3.8, 4) is 5.69 Å². The molecule has 0 saturated heterocycles. The highest BCUT2D eigenvalue weighted by Gasteiger charge is 2.45. The Balaban J connectivity index is 0.941. The van der Waals surface area contributed by atoms with Crippen LogP contribution in [0.3, 0.4) is 0 Å². The lowest BCUT2D eigenvalue weighted by molar-refractivity contribution is 1.16. The maximum Gasteiger partial charge on any atom is 0.252 e. The zero-order valence-corrected chi connectivity index (χ0v) is 52.3. The van der Waals surface area contributed by atoms with Gasteiger partial charge in [0.1, 0.15) is 0 Å². The topological polar surface area (TPSA) is 17.9 Å². The number of anilines is 12. The van der Waals surface area contributed by atoms with Gasteiger partial charge in [-0.05, 0) is 202 Å². The Morgan fingerprint density at radius 3 is 0.833 bits per heavy atom. The normalized spacial score (nSPS) is 12.5. The summed E-state index contributed by atoms with van der Waals surface area (Å²) < 4.78 is 2.52. The molecule has 0 radical (unpaired) electrons. The zero-order chi connectivity index (χ0) is 63.0. The molecule has 18 aromatic rings. The highest BCUT2D eigenvalue weighted by Crippen LogP contribution is 2.51. The van der Waals surface area contributed by atoms with Gasteiger partial charge in [-0.3, -0.25) is 0 Å². The van der Waals surface area contributed by atoms with Crippen LogP contribution in [0.5, 0.6) is 0 Å². The van der Waals surface area contributed by atoms with Crippen molar-refractivity contribution in [3.05, 3.63) is 352 Å². The van der Waals surface area contributed by atoms with Gasteiger partial charge in [-0.25, -0.2) is 0 Å². The van der Waals surface area contributed by atoms with Crippen LogP contribution in [-0.4, -0.2) is 11.3 Å². The van der Waals surface area contributed by atoms with Gasteiger partial charge in [0.25, 0.3) is 6.71 Å². The van der Waals surface area contributed by atoms with Crippen molar-refractivity contribution in [1.29, 1.82) is 0 Å². The van der Waals surface area contributed by atoms with Gasteiger partial charge in [-0.1, -0.05) is 231 Å². The highest BCUT2D eigenvalue weighted by atomic mass is 15.2. The molecule has 0 bridgehead atoms. The van der Waals surface area contributed by atoms with E-state index < -0.39 is 0 Å². The summed E-state index contributed by atoms with van der Waals surface area (Å²) in [5.41, 5.74) is 20.0. The second kappa shape index (κ2) is 21.5. The molecular formula is C90H58BN5. The van der Waals surface area contributed by atoms with Crippen LogP contribution in [0, 0.1) is 0 Å². The van der Waals surface area contributed by atoms with E-state index in [0.29, 0.717) is 0 Å². The smallest absolute Gasteiger partial charge is 0.252 e. The van der Waals surface area contributed by atoms with Gasteiger partial charge in [0, 0.05) is 79.0 Å². The van der Waals surface area contributed by atoms with Crippen LogP contribution in [0.1, 0.15) is 0 Å². The SMILES string of the molecule is c1ccc(N(c2ccccc2)c2ccc3c(c2)N(c2ccc4c5ccccc5c5ccccc5c4c2)c2cc(-n4c5ccccc5c5ccccc54)cc4c2B3c2ccc(N(c3ccccc3)c3ccccc3)cc2N4c2ccc3c4ccccc4c4ccccc4c3c2)cc1. The molecule has 0 amide bonds. The standard InChI is InChI=1S/C90H58BN5/c1-5-25-59(26-6-1)92(60-27-7-2-8-28-60)65-47-51-82-86(55-65)94(63-45-49-76-72-37-15-13-33-68(72)70-35-17-19-39-74(70)80(76)53-63)88-57-67(96-84-43-23-21-41-78(84)79-42-22-24-44-85(79)96)58-89-90(88)91(82)83-52-48-66(93(61-29-9-3-10-30-61)62-31-11-4-12-32-62)56-87(83)95(89)64-46-50-77-73-38-16-14-34-69(73)71-36-18-20-40-75(71)81(77)54-64/h1-58H. The molecule has 17 aromatic carbocycles. The van der Waals surface area contributed by atoms with E-state index in [2.05, 4.69) is 376 Å². The largest absolute Gasteiger partial charge is 0.311 e. The van der Waals surface area contributed by atoms with Gasteiger partial charge in [0.2, 0.25) is 0 Å². The van der Waals surface area contributed by atoms with Gasteiger partial charge < -0.3 is 24.2 Å². The molecule has 0 aliphatic carbocycles. The Morgan fingerprint density at radius 1 is 0.198 bits per heavy atom. The Morgan fingerprint density at radius 2 is 0.490 bits per heavy atom. The Hall–Kier alpha value is -12.6. The molecule has 0 N–H and O–H groups in total. The summed E-state index contributed by atoms with van der Waals surface area (Å²) in [6.45, 7) is -0.220. The van der Waals surface area contributed by atoms with E-state index in [9.17, 15) is 0 Å². The third kappa shape index (κ3) is 8.19. The molecule has 5 nitrogen and oxygen atoms in total. The van der Waals surface area contributed by atoms with Crippen molar-refractivity contribution >= 4 is 178 Å². The van der Waals surface area contributed by atoms with Crippen molar-refractivity contribution < 1.29 is 0 Å². The predicted octanol–water partition coefficient (Wildman–Crippen LogP) is 22.7. The fraction of sp³-hybridized carbons (Fsp3) is 0. The Kier molecular flexibility index (Phi) is 12.1. The first-order chi connectivity index (χ1) is 47.7. The minimum Gasteiger partial charge on any atom is -0.311 e. The fourth-order valence-corrected chi connectivity index (χ4v) is 16.4. The first-order valence-corrected chi connectivity index (χ1v) is 33.2. The molecule has 2 aliphatic rings. The third-order valence-electron chi connectivity index (χ3n) is 20.4. The van der Waals surface area contributed by atoms with E-state index in [1.54, 1.807) is 0 Å². The van der Waals surface area contributed by atoms with E-state index in [4.69, 9.17) is 0 Å². The lowest BCUT2D eigenvalue weighted by Gasteiger charge is -2.45. The maximum absolute atomic E-state index is 2.62. The van der Waals surface area contributed by atoms with Crippen molar-refractivity contribution in [2.75, 3.05) is 19.6 Å². The van der Waals surface area contributed by atoms with Crippen LogP contribution >= 0.6 is 0 Å². The van der Waals surface area contributed by atoms with Crippen molar-refractivity contribution in [2.45, 2.75) is 0 Å². The zero-order valence-electron chi connectivity index (χ0n) is 52.3. The van der Waals surface area contributed by atoms with Gasteiger partial charge in [-0.15, -0.1) is 0 Å². The minimum atomic E-state index is -0.220. The molecule has 0 unspecified atom stereocenters. The Bertz CT molecular complexity index is 5670. The Labute approximate surface area is 556 Å². The molecule has 0 saturated carbocycles. The molecule has 20 rings (SSSR count). The summed E-state index contributed by atoms with van der Waals surface area (Å²) in [5, 5.41) is 17.2. The molecule has 0 fully saturated rings. The van der Waals surface area contributed by atoms with Gasteiger partial charge in [0.05, 0.1) is 16.7 Å². The maximum atomic E-state index is 2.62. The molecule has 0 spiro atoms. The predicted molar refractivity (Wildman–Crippen MR) is 409 cm³/mol. The van der Waals surface area contributed by atoms with Crippen molar-refractivity contribution in [3.63, 3.8) is 0 Å². The summed E-state index contributed by atoms with van der Waals surface area (Å²) in [7, 11) is 0. The second-order valence-corrected chi connectivity index (χ2v) is 25.5. The summed E-state index contributed by atoms with van der Waals surface area (Å²) in [5.74, 6) is 0. The van der Waals surface area contributed by atoms with Crippen molar-refractivity contribution in [2.24, 2.45) is 0 Å². The summed E-state index contributed by atoms with van der Waals surface area (Å²) in [6, 6.07) is 131. The van der Waals surface area contributed by atoms with Crippen LogP contribution in [0.2, 0.25) is 0 Å². The summed E-state index contributed by atoms with van der Waals surface area (Å²) >= 11 is 0. The molecule has 6 heteroatoms. The number of hydrogen-bond acceptors (Lipinski definition) is 4. The number of para-hydroxylation sites is 6. The van der Waals surface area contributed by atoms with Gasteiger partial charge in [-0.2, -0.15) is 0 Å². The number of hydrogen-bond donors (Lipinski definition) is 0. The van der Waals surface area contributed by atoms with Gasteiger partial charge in [0.15, 0.2) is 0 Å². The summed E-state index contributed by atoms with van der Waals surface area (Å²) in [6.07, 6.45) is 0. The number of nitrogens with zero attached hydrogens (tertiary/aromatic N) is 5. The van der Waals surface area contributed by atoms with Crippen LogP contribution in [-0.2, 0) is 0 Å².